The van der Waals surface area contributed by atoms with Gasteiger partial charge in [-0.2, -0.15) is 0 Å². The van der Waals surface area contributed by atoms with E-state index in [1.165, 1.54) is 0 Å². The van der Waals surface area contributed by atoms with Crippen LogP contribution in [0.4, 0.5) is 0 Å². The van der Waals surface area contributed by atoms with E-state index in [1.54, 1.807) is 7.11 Å². The van der Waals surface area contributed by atoms with E-state index in [0.29, 0.717) is 13.0 Å². The van der Waals surface area contributed by atoms with Crippen LogP contribution in [0.5, 0.6) is 5.75 Å². The first-order valence-corrected chi connectivity index (χ1v) is 10.5. The molecule has 134 valence electrons. The maximum absolute atomic E-state index is 13.7. The van der Waals surface area contributed by atoms with Crippen LogP contribution in [-0.4, -0.2) is 36.0 Å². The predicted octanol–water partition coefficient (Wildman–Crippen LogP) is 3.11. The summed E-state index contributed by atoms with van der Waals surface area (Å²) >= 11 is 0. The highest BCUT2D eigenvalue weighted by atomic mass is 31.2. The summed E-state index contributed by atoms with van der Waals surface area (Å²) in [6.45, 7) is 2.35. The SMILES string of the molecule is CC[OH+]P(=O)(C(N)Cc1ccc(OC)cc1)C1CCCCC1C=O. The Hall–Kier alpha value is -1.16. The van der Waals surface area contributed by atoms with Gasteiger partial charge in [-0.3, -0.25) is 0 Å². The lowest BCUT2D eigenvalue weighted by atomic mass is 9.90. The lowest BCUT2D eigenvalue weighted by Crippen LogP contribution is -2.37. The number of hydrogen-bond donors (Lipinski definition) is 1. The maximum atomic E-state index is 13.7. The first-order valence-electron chi connectivity index (χ1n) is 8.67. The fraction of sp³-hybridized carbons (Fsp3) is 0.611. The zero-order valence-electron chi connectivity index (χ0n) is 14.6. The number of ether oxygens (including phenoxy) is 1. The number of methoxy groups -OCH3 is 1. The number of aldehydes is 1. The molecule has 0 bridgehead atoms. The maximum Gasteiger partial charge on any atom is 0.352 e. The molecule has 0 aliphatic heterocycles. The Labute approximate surface area is 144 Å². The van der Waals surface area contributed by atoms with Gasteiger partial charge in [0.2, 0.25) is 0 Å². The molecule has 5 nitrogen and oxygen atoms in total. The molecular weight excluding hydrogens is 325 g/mol. The molecule has 2 rings (SSSR count). The molecule has 1 aliphatic rings. The first kappa shape index (κ1) is 19.2. The van der Waals surface area contributed by atoms with Crippen molar-refractivity contribution in [2.75, 3.05) is 13.7 Å². The normalized spacial score (nSPS) is 24.8. The number of rotatable bonds is 8. The Kier molecular flexibility index (Phi) is 7.02. The third-order valence-corrected chi connectivity index (χ3v) is 8.32. The molecule has 1 aromatic rings. The molecule has 4 atom stereocenters. The molecule has 0 saturated heterocycles. The van der Waals surface area contributed by atoms with Gasteiger partial charge in [-0.15, -0.1) is 0 Å². The average molecular weight is 354 g/mol. The van der Waals surface area contributed by atoms with Gasteiger partial charge in [-0.1, -0.05) is 25.0 Å². The minimum atomic E-state index is -3.00. The molecule has 6 heteroatoms. The van der Waals surface area contributed by atoms with E-state index >= 15 is 0 Å². The van der Waals surface area contributed by atoms with Gasteiger partial charge in [0.05, 0.1) is 12.8 Å². The smallest absolute Gasteiger partial charge is 0.352 e. The molecule has 1 fully saturated rings. The van der Waals surface area contributed by atoms with Crippen LogP contribution < -0.4 is 10.5 Å². The molecule has 0 heterocycles. The standard InChI is InChI=1S/C18H28NO4P/c1-3-23-24(21,17-7-5-4-6-15(17)13-20)18(19)12-14-8-10-16(22-2)11-9-14/h8-11,13,15,17-18H,3-7,12,19H2,1-2H3/p+1. The van der Waals surface area contributed by atoms with Crippen molar-refractivity contribution >= 4 is 13.7 Å². The number of carbonyl (C=O) groups excluding carboxylic acids is 1. The van der Waals surface area contributed by atoms with Crippen LogP contribution >= 0.6 is 7.37 Å². The highest BCUT2D eigenvalue weighted by molar-refractivity contribution is 7.60. The Balaban J connectivity index is 2.20. The summed E-state index contributed by atoms with van der Waals surface area (Å²) in [5.41, 5.74) is 7.19. The summed E-state index contributed by atoms with van der Waals surface area (Å²) in [6.07, 6.45) is 5.04. The Morgan fingerprint density at radius 1 is 1.33 bits per heavy atom. The van der Waals surface area contributed by atoms with E-state index in [0.717, 1.165) is 43.3 Å². The number of benzene rings is 1. The van der Waals surface area contributed by atoms with Crippen LogP contribution in [0.15, 0.2) is 24.3 Å². The Morgan fingerprint density at radius 2 is 2.00 bits per heavy atom. The lowest BCUT2D eigenvalue weighted by molar-refractivity contribution is -0.111. The minimum absolute atomic E-state index is 0.179. The van der Waals surface area contributed by atoms with E-state index in [1.807, 2.05) is 31.2 Å². The van der Waals surface area contributed by atoms with Crippen LogP contribution in [0.1, 0.15) is 38.2 Å². The number of hydrogen-bond acceptors (Lipinski definition) is 4. The fourth-order valence-electron chi connectivity index (χ4n) is 3.57. The van der Waals surface area contributed by atoms with Crippen molar-refractivity contribution in [1.29, 1.82) is 0 Å². The molecule has 3 N–H and O–H groups in total. The fourth-order valence-corrected chi connectivity index (χ4v) is 6.72. The number of aliphatic hydroxyl groups is 1. The van der Waals surface area contributed by atoms with Gasteiger partial charge in [0.25, 0.3) is 0 Å². The van der Waals surface area contributed by atoms with Crippen molar-refractivity contribution < 1.29 is 18.6 Å². The highest BCUT2D eigenvalue weighted by Gasteiger charge is 2.49. The summed E-state index contributed by atoms with van der Waals surface area (Å²) in [5.74, 6) is 0.0558. The van der Waals surface area contributed by atoms with E-state index < -0.39 is 13.2 Å². The van der Waals surface area contributed by atoms with Crippen LogP contribution in [0.25, 0.3) is 0 Å². The summed E-state index contributed by atoms with van der Waals surface area (Å²) in [7, 11) is -1.38. The van der Waals surface area contributed by atoms with Crippen molar-refractivity contribution in [3.8, 4) is 5.75 Å². The Bertz CT molecular complexity index is 575. The van der Waals surface area contributed by atoms with Crippen LogP contribution in [-0.2, 0) is 15.8 Å². The summed E-state index contributed by atoms with van der Waals surface area (Å²) in [5, 5.41) is 0. The summed E-state index contributed by atoms with van der Waals surface area (Å²) in [4.78, 5) is 11.5. The molecule has 0 radical (unpaired) electrons. The van der Waals surface area contributed by atoms with Gasteiger partial charge in [-0.05, 0) is 30.5 Å². The molecule has 1 aromatic carbocycles. The van der Waals surface area contributed by atoms with Gasteiger partial charge in [0.1, 0.15) is 24.4 Å². The molecular formula is C18H29NO4P+. The highest BCUT2D eigenvalue weighted by Crippen LogP contribution is 2.59. The molecule has 0 spiro atoms. The quantitative estimate of drug-likeness (QED) is 0.442. The largest absolute Gasteiger partial charge is 0.497 e. The van der Waals surface area contributed by atoms with Crippen molar-refractivity contribution in [3.05, 3.63) is 29.8 Å². The van der Waals surface area contributed by atoms with Crippen molar-refractivity contribution in [1.82, 2.24) is 0 Å². The van der Waals surface area contributed by atoms with Gasteiger partial charge < -0.3 is 19.8 Å². The van der Waals surface area contributed by atoms with E-state index in [4.69, 9.17) is 10.5 Å². The predicted molar refractivity (Wildman–Crippen MR) is 96.8 cm³/mol. The zero-order chi connectivity index (χ0) is 17.6. The van der Waals surface area contributed by atoms with Crippen molar-refractivity contribution in [3.63, 3.8) is 0 Å². The summed E-state index contributed by atoms with van der Waals surface area (Å²) < 4.78 is 23.3. The van der Waals surface area contributed by atoms with E-state index in [-0.39, 0.29) is 11.6 Å². The number of carbonyl (C=O) groups is 1. The molecule has 1 saturated carbocycles. The summed E-state index contributed by atoms with van der Waals surface area (Å²) in [6, 6.07) is 7.62. The van der Waals surface area contributed by atoms with Crippen LogP contribution in [0.3, 0.4) is 0 Å². The lowest BCUT2D eigenvalue weighted by Gasteiger charge is -2.33. The van der Waals surface area contributed by atoms with Gasteiger partial charge in [0, 0.05) is 19.3 Å². The second-order valence-corrected chi connectivity index (χ2v) is 9.36. The molecule has 4 unspecified atom stereocenters. The topological polar surface area (TPSA) is 82.2 Å². The van der Waals surface area contributed by atoms with Gasteiger partial charge >= 0.3 is 7.37 Å². The first-order chi connectivity index (χ1) is 11.5. The van der Waals surface area contributed by atoms with Gasteiger partial charge in [0.15, 0.2) is 0 Å². The average Bonchev–Trinajstić information content (AvgIpc) is 2.62. The molecule has 0 aromatic heterocycles. The van der Waals surface area contributed by atoms with Crippen LogP contribution in [0, 0.1) is 5.92 Å². The van der Waals surface area contributed by atoms with Crippen LogP contribution in [0.2, 0.25) is 0 Å². The van der Waals surface area contributed by atoms with E-state index in [2.05, 4.69) is 4.52 Å². The van der Waals surface area contributed by atoms with Gasteiger partial charge in [-0.25, -0.2) is 4.57 Å². The molecule has 0 amide bonds. The van der Waals surface area contributed by atoms with Crippen molar-refractivity contribution in [2.45, 2.75) is 50.5 Å². The number of nitrogens with two attached hydrogens (primary N) is 1. The monoisotopic (exact) mass is 354 g/mol. The van der Waals surface area contributed by atoms with Crippen molar-refractivity contribution in [2.24, 2.45) is 11.7 Å². The third-order valence-electron chi connectivity index (χ3n) is 4.87. The minimum Gasteiger partial charge on any atom is -0.497 e. The molecule has 24 heavy (non-hydrogen) atoms. The second-order valence-electron chi connectivity index (χ2n) is 6.40. The molecule has 1 aliphatic carbocycles. The second kappa shape index (κ2) is 8.80. The zero-order valence-corrected chi connectivity index (χ0v) is 15.5. The Morgan fingerprint density at radius 3 is 2.58 bits per heavy atom. The third kappa shape index (κ3) is 4.27. The van der Waals surface area contributed by atoms with E-state index in [9.17, 15) is 9.36 Å².